The van der Waals surface area contributed by atoms with Crippen LogP contribution in [0.2, 0.25) is 0 Å². The first-order chi connectivity index (χ1) is 13.0. The van der Waals surface area contributed by atoms with Crippen molar-refractivity contribution in [2.45, 2.75) is 77.5 Å². The number of ether oxygens (including phenoxy) is 1. The van der Waals surface area contributed by atoms with Gasteiger partial charge in [0, 0.05) is 37.3 Å². The standard InChI is InChI=1S/C21H33N3O3/c1-15-19(17(3)27-22-15)14-23-10-4-7-21(9-12-23)8-5-11-24(21)20(25)18-6-13-26-16(18)2/h16,18H,4-14H2,1-3H3/t16-,18-,21+/m0/s1. The molecule has 0 radical (unpaired) electrons. The molecule has 1 aromatic heterocycles. The van der Waals surface area contributed by atoms with E-state index in [9.17, 15) is 4.79 Å². The molecule has 3 atom stereocenters. The molecule has 0 unspecified atom stereocenters. The molecule has 0 N–H and O–H groups in total. The van der Waals surface area contributed by atoms with Gasteiger partial charge in [0.1, 0.15) is 5.76 Å². The predicted octanol–water partition coefficient (Wildman–Crippen LogP) is 3.06. The molecule has 1 amide bonds. The summed E-state index contributed by atoms with van der Waals surface area (Å²) in [5.41, 5.74) is 2.29. The van der Waals surface area contributed by atoms with Crippen molar-refractivity contribution in [1.82, 2.24) is 15.0 Å². The average molecular weight is 376 g/mol. The molecular formula is C21H33N3O3. The van der Waals surface area contributed by atoms with Crippen LogP contribution in [0.3, 0.4) is 0 Å². The largest absolute Gasteiger partial charge is 0.378 e. The van der Waals surface area contributed by atoms with Crippen molar-refractivity contribution in [2.24, 2.45) is 5.92 Å². The molecule has 0 saturated carbocycles. The predicted molar refractivity (Wildman–Crippen MR) is 102 cm³/mol. The smallest absolute Gasteiger partial charge is 0.228 e. The maximum Gasteiger partial charge on any atom is 0.228 e. The average Bonchev–Trinajstić information content (AvgIpc) is 3.29. The lowest BCUT2D eigenvalue weighted by molar-refractivity contribution is -0.141. The first kappa shape index (κ1) is 18.9. The second-order valence-electron chi connectivity index (χ2n) is 8.72. The van der Waals surface area contributed by atoms with Crippen molar-refractivity contribution in [3.05, 3.63) is 17.0 Å². The van der Waals surface area contributed by atoms with E-state index in [4.69, 9.17) is 9.26 Å². The summed E-state index contributed by atoms with van der Waals surface area (Å²) in [4.78, 5) is 18.1. The van der Waals surface area contributed by atoms with Gasteiger partial charge in [-0.05, 0) is 65.8 Å². The van der Waals surface area contributed by atoms with Crippen LogP contribution in [0.15, 0.2) is 4.52 Å². The highest BCUT2D eigenvalue weighted by Crippen LogP contribution is 2.40. The van der Waals surface area contributed by atoms with Gasteiger partial charge in [-0.25, -0.2) is 0 Å². The summed E-state index contributed by atoms with van der Waals surface area (Å²) >= 11 is 0. The van der Waals surface area contributed by atoms with Crippen molar-refractivity contribution in [1.29, 1.82) is 0 Å². The van der Waals surface area contributed by atoms with E-state index in [-0.39, 0.29) is 17.6 Å². The second-order valence-corrected chi connectivity index (χ2v) is 8.72. The lowest BCUT2D eigenvalue weighted by Crippen LogP contribution is -2.51. The van der Waals surface area contributed by atoms with Crippen molar-refractivity contribution >= 4 is 5.91 Å². The Morgan fingerprint density at radius 3 is 2.63 bits per heavy atom. The highest BCUT2D eigenvalue weighted by atomic mass is 16.5. The minimum atomic E-state index is 0.0571. The van der Waals surface area contributed by atoms with Crippen molar-refractivity contribution < 1.29 is 14.1 Å². The van der Waals surface area contributed by atoms with Crippen LogP contribution in [0.4, 0.5) is 0 Å². The number of aromatic nitrogens is 1. The topological polar surface area (TPSA) is 58.8 Å². The molecule has 0 aromatic carbocycles. The lowest BCUT2D eigenvalue weighted by atomic mass is 9.86. The zero-order valence-corrected chi connectivity index (χ0v) is 17.0. The van der Waals surface area contributed by atoms with Crippen LogP contribution < -0.4 is 0 Å². The van der Waals surface area contributed by atoms with Gasteiger partial charge in [-0.15, -0.1) is 0 Å². The minimum absolute atomic E-state index is 0.0571. The number of hydrogen-bond acceptors (Lipinski definition) is 5. The van der Waals surface area contributed by atoms with Crippen LogP contribution in [-0.4, -0.2) is 58.7 Å². The number of carbonyl (C=O) groups is 1. The third-order valence-electron chi connectivity index (χ3n) is 7.13. The van der Waals surface area contributed by atoms with E-state index in [1.807, 2.05) is 13.8 Å². The molecule has 4 heterocycles. The number of amides is 1. The highest BCUT2D eigenvalue weighted by Gasteiger charge is 2.47. The summed E-state index contributed by atoms with van der Waals surface area (Å²) in [6.45, 7) is 10.7. The van der Waals surface area contributed by atoms with Crippen LogP contribution in [-0.2, 0) is 16.1 Å². The molecule has 4 rings (SSSR count). The molecule has 0 aliphatic carbocycles. The summed E-state index contributed by atoms with van der Waals surface area (Å²) in [6.07, 6.45) is 6.58. The number of nitrogens with zero attached hydrogens (tertiary/aromatic N) is 3. The summed E-state index contributed by atoms with van der Waals surface area (Å²) in [6, 6.07) is 0. The highest BCUT2D eigenvalue weighted by molar-refractivity contribution is 5.80. The van der Waals surface area contributed by atoms with Gasteiger partial charge in [-0.3, -0.25) is 9.69 Å². The number of rotatable bonds is 3. The second kappa shape index (κ2) is 7.55. The maximum absolute atomic E-state index is 13.3. The lowest BCUT2D eigenvalue weighted by Gasteiger charge is -2.40. The Bertz CT molecular complexity index is 669. The van der Waals surface area contributed by atoms with Gasteiger partial charge in [0.25, 0.3) is 0 Å². The number of hydrogen-bond donors (Lipinski definition) is 0. The SMILES string of the molecule is Cc1noc(C)c1CN1CCC[C@@]2(CCCN2C(=O)[C@H]2CCO[C@H]2C)CC1. The van der Waals surface area contributed by atoms with Crippen LogP contribution >= 0.6 is 0 Å². The molecule has 3 fully saturated rings. The minimum Gasteiger partial charge on any atom is -0.378 e. The summed E-state index contributed by atoms with van der Waals surface area (Å²) in [7, 11) is 0. The molecular weight excluding hydrogens is 342 g/mol. The first-order valence-corrected chi connectivity index (χ1v) is 10.6. The van der Waals surface area contributed by atoms with Crippen molar-refractivity contribution in [3.8, 4) is 0 Å². The van der Waals surface area contributed by atoms with Gasteiger partial charge < -0.3 is 14.2 Å². The summed E-state index contributed by atoms with van der Waals surface area (Å²) in [5, 5.41) is 4.10. The van der Waals surface area contributed by atoms with E-state index in [1.54, 1.807) is 0 Å². The number of carbonyl (C=O) groups excluding carboxylic acids is 1. The molecule has 3 aliphatic rings. The van der Waals surface area contributed by atoms with Crippen molar-refractivity contribution in [3.63, 3.8) is 0 Å². The van der Waals surface area contributed by atoms with E-state index >= 15 is 0 Å². The molecule has 27 heavy (non-hydrogen) atoms. The fraction of sp³-hybridized carbons (Fsp3) is 0.810. The molecule has 6 heteroatoms. The van der Waals surface area contributed by atoms with Crippen LogP contribution in [0.5, 0.6) is 0 Å². The van der Waals surface area contributed by atoms with Crippen LogP contribution in [0.25, 0.3) is 0 Å². The third kappa shape index (κ3) is 3.54. The molecule has 1 spiro atoms. The Labute approximate surface area is 162 Å². The normalized spacial score (nSPS) is 32.3. The van der Waals surface area contributed by atoms with Gasteiger partial charge >= 0.3 is 0 Å². The number of aryl methyl sites for hydroxylation is 2. The van der Waals surface area contributed by atoms with Gasteiger partial charge in [0.15, 0.2) is 0 Å². The monoisotopic (exact) mass is 375 g/mol. The van der Waals surface area contributed by atoms with Gasteiger partial charge in [-0.2, -0.15) is 0 Å². The Morgan fingerprint density at radius 2 is 1.96 bits per heavy atom. The molecule has 6 nitrogen and oxygen atoms in total. The molecule has 3 saturated heterocycles. The van der Waals surface area contributed by atoms with E-state index in [0.29, 0.717) is 5.91 Å². The Morgan fingerprint density at radius 1 is 1.19 bits per heavy atom. The van der Waals surface area contributed by atoms with E-state index < -0.39 is 0 Å². The van der Waals surface area contributed by atoms with E-state index in [1.165, 1.54) is 5.56 Å². The fourth-order valence-corrected chi connectivity index (χ4v) is 5.40. The number of likely N-dealkylation sites (tertiary alicyclic amines) is 2. The Hall–Kier alpha value is -1.40. The fourth-order valence-electron chi connectivity index (χ4n) is 5.40. The summed E-state index contributed by atoms with van der Waals surface area (Å²) in [5.74, 6) is 1.33. The summed E-state index contributed by atoms with van der Waals surface area (Å²) < 4.78 is 11.0. The molecule has 3 aliphatic heterocycles. The van der Waals surface area contributed by atoms with Crippen LogP contribution in [0.1, 0.15) is 62.5 Å². The van der Waals surface area contributed by atoms with E-state index in [2.05, 4.69) is 21.9 Å². The zero-order valence-electron chi connectivity index (χ0n) is 17.0. The van der Waals surface area contributed by atoms with Gasteiger partial charge in [0.05, 0.1) is 17.7 Å². The first-order valence-electron chi connectivity index (χ1n) is 10.6. The van der Waals surface area contributed by atoms with Gasteiger partial charge in [0.2, 0.25) is 5.91 Å². The third-order valence-corrected chi connectivity index (χ3v) is 7.13. The van der Waals surface area contributed by atoms with E-state index in [0.717, 1.165) is 82.8 Å². The molecule has 1 aromatic rings. The quantitative estimate of drug-likeness (QED) is 0.813. The van der Waals surface area contributed by atoms with Crippen LogP contribution in [0, 0.1) is 19.8 Å². The Kier molecular flexibility index (Phi) is 5.30. The Balaban J connectivity index is 1.45. The maximum atomic E-state index is 13.3. The van der Waals surface area contributed by atoms with Gasteiger partial charge in [-0.1, -0.05) is 5.16 Å². The van der Waals surface area contributed by atoms with Crippen molar-refractivity contribution in [2.75, 3.05) is 26.2 Å². The molecule has 0 bridgehead atoms. The zero-order chi connectivity index (χ0) is 19.0. The molecule has 150 valence electrons.